The van der Waals surface area contributed by atoms with Gasteiger partial charge in [0.25, 0.3) is 0 Å². The minimum absolute atomic E-state index is 0.137. The maximum Gasteiger partial charge on any atom is 0.138 e. The highest BCUT2D eigenvalue weighted by Crippen LogP contribution is 2.54. The molecule has 4 fully saturated rings. The quantitative estimate of drug-likeness (QED) is 0.633. The summed E-state index contributed by atoms with van der Waals surface area (Å²) in [6.07, 6.45) is 7.25. The van der Waals surface area contributed by atoms with Crippen molar-refractivity contribution in [2.24, 2.45) is 23.7 Å². The lowest BCUT2D eigenvalue weighted by Crippen LogP contribution is -2.50. The van der Waals surface area contributed by atoms with E-state index >= 15 is 0 Å². The van der Waals surface area contributed by atoms with Crippen LogP contribution < -0.4 is 10.5 Å². The van der Waals surface area contributed by atoms with E-state index in [1.165, 1.54) is 32.1 Å². The van der Waals surface area contributed by atoms with Gasteiger partial charge in [-0.15, -0.1) is 0 Å². The highest BCUT2D eigenvalue weighted by Gasteiger charge is 2.49. The lowest BCUT2D eigenvalue weighted by Gasteiger charge is -2.53. The number of aromatic hydroxyl groups is 1. The number of benzene rings is 1. The van der Waals surface area contributed by atoms with Crippen LogP contribution in [-0.2, 0) is 0 Å². The molecular weight excluding hydrogens is 238 g/mol. The summed E-state index contributed by atoms with van der Waals surface area (Å²) in [6.45, 7) is 0. The van der Waals surface area contributed by atoms with Gasteiger partial charge in [-0.05, 0) is 67.9 Å². The fraction of sp³-hybridized carbons (Fsp3) is 0.625. The average Bonchev–Trinajstić information content (AvgIpc) is 2.37. The molecule has 0 spiro atoms. The molecule has 3 nitrogen and oxygen atoms in total. The zero-order valence-electron chi connectivity index (χ0n) is 11.1. The summed E-state index contributed by atoms with van der Waals surface area (Å²) in [4.78, 5) is 0. The van der Waals surface area contributed by atoms with Crippen molar-refractivity contribution in [1.29, 1.82) is 0 Å². The van der Waals surface area contributed by atoms with Crippen LogP contribution in [0.25, 0.3) is 0 Å². The summed E-state index contributed by atoms with van der Waals surface area (Å²) >= 11 is 0. The number of anilines is 1. The number of nitrogens with two attached hydrogens (primary N) is 1. The maximum atomic E-state index is 9.47. The van der Waals surface area contributed by atoms with Crippen molar-refractivity contribution in [2.75, 3.05) is 5.73 Å². The van der Waals surface area contributed by atoms with E-state index < -0.39 is 0 Å². The zero-order chi connectivity index (χ0) is 13.0. The highest BCUT2D eigenvalue weighted by molar-refractivity contribution is 5.55. The van der Waals surface area contributed by atoms with Gasteiger partial charge in [-0.1, -0.05) is 0 Å². The standard InChI is InChI=1S/C16H21NO2/c17-14-8-13(1-2-15(14)18)19-16-11-4-9-3-10(6-11)7-12(16)5-9/h1-2,8-12,16,18H,3-7,17H2. The van der Waals surface area contributed by atoms with Crippen LogP contribution in [0.5, 0.6) is 11.5 Å². The molecule has 3 heteroatoms. The van der Waals surface area contributed by atoms with Crippen LogP contribution in [0.1, 0.15) is 32.1 Å². The van der Waals surface area contributed by atoms with Crippen molar-refractivity contribution >= 4 is 5.69 Å². The fourth-order valence-corrected chi connectivity index (χ4v) is 4.83. The molecule has 0 aliphatic heterocycles. The first-order valence-electron chi connectivity index (χ1n) is 7.44. The van der Waals surface area contributed by atoms with Crippen LogP contribution in [0, 0.1) is 23.7 Å². The minimum atomic E-state index is 0.137. The fourth-order valence-electron chi connectivity index (χ4n) is 4.83. The Bertz CT molecular complexity index is 472. The average molecular weight is 259 g/mol. The second-order valence-corrected chi connectivity index (χ2v) is 6.73. The summed E-state index contributed by atoms with van der Waals surface area (Å²) in [5.41, 5.74) is 6.14. The molecule has 4 saturated carbocycles. The van der Waals surface area contributed by atoms with Gasteiger partial charge in [0.1, 0.15) is 17.6 Å². The summed E-state index contributed by atoms with van der Waals surface area (Å²) in [5.74, 6) is 4.36. The molecule has 4 bridgehead atoms. The largest absolute Gasteiger partial charge is 0.506 e. The number of rotatable bonds is 2. The van der Waals surface area contributed by atoms with Crippen molar-refractivity contribution in [3.05, 3.63) is 18.2 Å². The third-order valence-corrected chi connectivity index (χ3v) is 5.41. The molecule has 0 radical (unpaired) electrons. The maximum absolute atomic E-state index is 9.47. The Hall–Kier alpha value is -1.38. The SMILES string of the molecule is Nc1cc(OC2C3CC4CC(C3)CC2C4)ccc1O. The number of hydrogen-bond donors (Lipinski definition) is 2. The van der Waals surface area contributed by atoms with Crippen LogP contribution in [-0.4, -0.2) is 11.2 Å². The second-order valence-electron chi connectivity index (χ2n) is 6.73. The van der Waals surface area contributed by atoms with Gasteiger partial charge in [-0.3, -0.25) is 0 Å². The van der Waals surface area contributed by atoms with E-state index in [9.17, 15) is 5.11 Å². The summed E-state index contributed by atoms with van der Waals surface area (Å²) in [5, 5.41) is 9.47. The van der Waals surface area contributed by atoms with E-state index in [1.54, 1.807) is 12.1 Å². The molecule has 1 aromatic rings. The summed E-state index contributed by atoms with van der Waals surface area (Å²) in [6, 6.07) is 5.21. The van der Waals surface area contributed by atoms with Crippen molar-refractivity contribution in [2.45, 2.75) is 38.2 Å². The van der Waals surface area contributed by atoms with Gasteiger partial charge in [0, 0.05) is 6.07 Å². The predicted molar refractivity (Wildman–Crippen MR) is 74.0 cm³/mol. The molecule has 3 N–H and O–H groups in total. The van der Waals surface area contributed by atoms with Gasteiger partial charge in [0.2, 0.25) is 0 Å². The van der Waals surface area contributed by atoms with Crippen molar-refractivity contribution in [1.82, 2.24) is 0 Å². The molecule has 102 valence electrons. The number of hydrogen-bond acceptors (Lipinski definition) is 3. The van der Waals surface area contributed by atoms with Crippen LogP contribution >= 0.6 is 0 Å². The smallest absolute Gasteiger partial charge is 0.138 e. The molecule has 0 atom stereocenters. The van der Waals surface area contributed by atoms with Gasteiger partial charge >= 0.3 is 0 Å². The van der Waals surface area contributed by atoms with E-state index in [4.69, 9.17) is 10.5 Å². The van der Waals surface area contributed by atoms with Crippen molar-refractivity contribution < 1.29 is 9.84 Å². The Balaban J connectivity index is 1.55. The summed E-state index contributed by atoms with van der Waals surface area (Å²) < 4.78 is 6.24. The highest BCUT2D eigenvalue weighted by atomic mass is 16.5. The van der Waals surface area contributed by atoms with E-state index in [2.05, 4.69) is 0 Å². The Morgan fingerprint density at radius 2 is 1.63 bits per heavy atom. The lowest BCUT2D eigenvalue weighted by molar-refractivity contribution is -0.0789. The molecule has 1 aromatic carbocycles. The second kappa shape index (κ2) is 4.06. The molecule has 4 aliphatic rings. The first-order valence-corrected chi connectivity index (χ1v) is 7.44. The Morgan fingerprint density at radius 3 is 2.21 bits per heavy atom. The Kier molecular flexibility index (Phi) is 2.44. The lowest BCUT2D eigenvalue weighted by atomic mass is 9.55. The molecule has 0 aromatic heterocycles. The number of phenolic OH excluding ortho intramolecular Hbond substituents is 1. The van der Waals surface area contributed by atoms with Crippen LogP contribution in [0.3, 0.4) is 0 Å². The minimum Gasteiger partial charge on any atom is -0.506 e. The zero-order valence-corrected chi connectivity index (χ0v) is 11.1. The van der Waals surface area contributed by atoms with E-state index in [0.717, 1.165) is 29.4 Å². The number of nitrogen functional groups attached to an aromatic ring is 1. The first-order chi connectivity index (χ1) is 9.19. The Morgan fingerprint density at radius 1 is 1.00 bits per heavy atom. The number of phenols is 1. The number of ether oxygens (including phenoxy) is 1. The van der Waals surface area contributed by atoms with Crippen LogP contribution in [0.15, 0.2) is 18.2 Å². The van der Waals surface area contributed by atoms with Gasteiger partial charge < -0.3 is 15.6 Å². The molecule has 0 unspecified atom stereocenters. The molecular formula is C16H21NO2. The first kappa shape index (κ1) is 11.4. The topological polar surface area (TPSA) is 55.5 Å². The van der Waals surface area contributed by atoms with Gasteiger partial charge in [-0.25, -0.2) is 0 Å². The third-order valence-electron chi connectivity index (χ3n) is 5.41. The van der Waals surface area contributed by atoms with Gasteiger partial charge in [0.05, 0.1) is 5.69 Å². The van der Waals surface area contributed by atoms with Crippen molar-refractivity contribution in [3.63, 3.8) is 0 Å². The summed E-state index contributed by atoms with van der Waals surface area (Å²) in [7, 11) is 0. The van der Waals surface area contributed by atoms with E-state index in [1.807, 2.05) is 6.07 Å². The third kappa shape index (κ3) is 1.87. The predicted octanol–water partition coefficient (Wildman–Crippen LogP) is 3.18. The molecule has 0 saturated heterocycles. The molecule has 0 heterocycles. The molecule has 4 aliphatic carbocycles. The molecule has 5 rings (SSSR count). The molecule has 19 heavy (non-hydrogen) atoms. The normalized spacial score (nSPS) is 39.5. The van der Waals surface area contributed by atoms with E-state index in [0.29, 0.717) is 11.8 Å². The van der Waals surface area contributed by atoms with Gasteiger partial charge in [-0.2, -0.15) is 0 Å². The van der Waals surface area contributed by atoms with E-state index in [-0.39, 0.29) is 5.75 Å². The van der Waals surface area contributed by atoms with Crippen LogP contribution in [0.4, 0.5) is 5.69 Å². The van der Waals surface area contributed by atoms with Crippen molar-refractivity contribution in [3.8, 4) is 11.5 Å². The van der Waals surface area contributed by atoms with Gasteiger partial charge in [0.15, 0.2) is 0 Å². The van der Waals surface area contributed by atoms with Crippen LogP contribution in [0.2, 0.25) is 0 Å². The molecule has 0 amide bonds. The Labute approximate surface area is 113 Å². The monoisotopic (exact) mass is 259 g/mol.